The molecule has 106 valence electrons. The number of rotatable bonds is 4. The molecule has 0 aliphatic rings. The molecule has 6 heteroatoms. The molecule has 0 saturated carbocycles. The summed E-state index contributed by atoms with van der Waals surface area (Å²) in [5, 5.41) is 12.8. The van der Waals surface area contributed by atoms with E-state index in [9.17, 15) is 9.59 Å². The van der Waals surface area contributed by atoms with Crippen LogP contribution in [0.4, 0.5) is 5.69 Å². The molecule has 0 spiro atoms. The minimum absolute atomic E-state index is 0.114. The van der Waals surface area contributed by atoms with Crippen molar-refractivity contribution in [3.63, 3.8) is 0 Å². The maximum atomic E-state index is 11.8. The first kappa shape index (κ1) is 14.3. The third kappa shape index (κ3) is 3.66. The van der Waals surface area contributed by atoms with Gasteiger partial charge in [0.1, 0.15) is 0 Å². The molecule has 0 aliphatic carbocycles. The number of benzene rings is 2. The Morgan fingerprint density at radius 1 is 1.10 bits per heavy atom. The SMILES string of the molecule is Nc1ccc(C(=O)N/N=C/c2ccccc2C(=O)O)cc1. The molecule has 0 aliphatic heterocycles. The lowest BCUT2D eigenvalue weighted by Gasteiger charge is -2.01. The van der Waals surface area contributed by atoms with Crippen molar-refractivity contribution in [2.75, 3.05) is 5.73 Å². The molecule has 2 rings (SSSR count). The number of carbonyl (C=O) groups excluding carboxylic acids is 1. The third-order valence-corrected chi connectivity index (χ3v) is 2.73. The Labute approximate surface area is 120 Å². The summed E-state index contributed by atoms with van der Waals surface area (Å²) >= 11 is 0. The smallest absolute Gasteiger partial charge is 0.336 e. The molecule has 6 nitrogen and oxygen atoms in total. The maximum absolute atomic E-state index is 11.8. The van der Waals surface area contributed by atoms with Crippen LogP contribution in [-0.2, 0) is 0 Å². The van der Waals surface area contributed by atoms with E-state index in [0.29, 0.717) is 16.8 Å². The van der Waals surface area contributed by atoms with E-state index in [0.717, 1.165) is 0 Å². The van der Waals surface area contributed by atoms with Gasteiger partial charge in [0.15, 0.2) is 0 Å². The Morgan fingerprint density at radius 3 is 2.43 bits per heavy atom. The highest BCUT2D eigenvalue weighted by molar-refractivity contribution is 5.99. The van der Waals surface area contributed by atoms with Gasteiger partial charge in [-0.15, -0.1) is 0 Å². The molecule has 21 heavy (non-hydrogen) atoms. The predicted octanol–water partition coefficient (Wildman–Crippen LogP) is 1.73. The molecule has 4 N–H and O–H groups in total. The van der Waals surface area contributed by atoms with Crippen LogP contribution in [0.2, 0.25) is 0 Å². The fourth-order valence-corrected chi connectivity index (χ4v) is 1.66. The van der Waals surface area contributed by atoms with Crippen molar-refractivity contribution in [1.82, 2.24) is 5.43 Å². The van der Waals surface area contributed by atoms with Crippen LogP contribution in [0, 0.1) is 0 Å². The normalized spacial score (nSPS) is 10.5. The average molecular weight is 283 g/mol. The lowest BCUT2D eigenvalue weighted by Crippen LogP contribution is -2.17. The van der Waals surface area contributed by atoms with Crippen molar-refractivity contribution in [2.24, 2.45) is 5.10 Å². The van der Waals surface area contributed by atoms with Crippen molar-refractivity contribution < 1.29 is 14.7 Å². The predicted molar refractivity (Wildman–Crippen MR) is 79.3 cm³/mol. The molecule has 0 fully saturated rings. The molecule has 2 aromatic carbocycles. The van der Waals surface area contributed by atoms with Gasteiger partial charge >= 0.3 is 5.97 Å². The van der Waals surface area contributed by atoms with Crippen LogP contribution in [0.15, 0.2) is 53.6 Å². The minimum atomic E-state index is -1.05. The summed E-state index contributed by atoms with van der Waals surface area (Å²) in [6, 6.07) is 12.7. The largest absolute Gasteiger partial charge is 0.478 e. The summed E-state index contributed by atoms with van der Waals surface area (Å²) in [4.78, 5) is 22.8. The van der Waals surface area contributed by atoms with Crippen LogP contribution in [0.3, 0.4) is 0 Å². The van der Waals surface area contributed by atoms with Crippen LogP contribution < -0.4 is 11.2 Å². The second kappa shape index (κ2) is 6.33. The number of nitrogens with one attached hydrogen (secondary N) is 1. The highest BCUT2D eigenvalue weighted by Gasteiger charge is 2.07. The van der Waals surface area contributed by atoms with Crippen molar-refractivity contribution >= 4 is 23.8 Å². The number of anilines is 1. The number of nitrogen functional groups attached to an aromatic ring is 1. The highest BCUT2D eigenvalue weighted by atomic mass is 16.4. The van der Waals surface area contributed by atoms with Crippen molar-refractivity contribution in [2.45, 2.75) is 0 Å². The monoisotopic (exact) mass is 283 g/mol. The quantitative estimate of drug-likeness (QED) is 0.451. The maximum Gasteiger partial charge on any atom is 0.336 e. The van der Waals surface area contributed by atoms with E-state index in [1.54, 1.807) is 42.5 Å². The number of hydrogen-bond donors (Lipinski definition) is 3. The van der Waals surface area contributed by atoms with E-state index in [4.69, 9.17) is 10.8 Å². The van der Waals surface area contributed by atoms with Crippen LogP contribution in [0.5, 0.6) is 0 Å². The first-order valence-electron chi connectivity index (χ1n) is 6.09. The molecular formula is C15H13N3O3. The molecule has 2 aromatic rings. The second-order valence-electron chi connectivity index (χ2n) is 4.21. The minimum Gasteiger partial charge on any atom is -0.478 e. The zero-order valence-electron chi connectivity index (χ0n) is 11.0. The molecule has 0 unspecified atom stereocenters. The number of carboxylic acid groups (broad SMARTS) is 1. The molecule has 0 bridgehead atoms. The Kier molecular flexibility index (Phi) is 4.30. The zero-order valence-corrected chi connectivity index (χ0v) is 11.0. The van der Waals surface area contributed by atoms with Gasteiger partial charge in [0.25, 0.3) is 5.91 Å². The number of hydrogen-bond acceptors (Lipinski definition) is 4. The Hall–Kier alpha value is -3.15. The average Bonchev–Trinajstić information content (AvgIpc) is 2.48. The number of nitrogens with zero attached hydrogens (tertiary/aromatic N) is 1. The molecule has 0 atom stereocenters. The molecule has 1 amide bonds. The summed E-state index contributed by atoms with van der Waals surface area (Å²) < 4.78 is 0. The lowest BCUT2D eigenvalue weighted by molar-refractivity contribution is 0.0696. The first-order chi connectivity index (χ1) is 10.1. The number of aromatic carboxylic acids is 1. The number of hydrazone groups is 1. The van der Waals surface area contributed by atoms with E-state index in [2.05, 4.69) is 10.5 Å². The summed E-state index contributed by atoms with van der Waals surface area (Å²) in [5.74, 6) is -1.46. The molecular weight excluding hydrogens is 270 g/mol. The Morgan fingerprint density at radius 2 is 1.76 bits per heavy atom. The van der Waals surface area contributed by atoms with Crippen LogP contribution in [0.1, 0.15) is 26.3 Å². The van der Waals surface area contributed by atoms with E-state index in [1.807, 2.05) is 0 Å². The highest BCUT2D eigenvalue weighted by Crippen LogP contribution is 2.07. The van der Waals surface area contributed by atoms with E-state index in [1.165, 1.54) is 12.3 Å². The number of carboxylic acids is 1. The van der Waals surface area contributed by atoms with Crippen molar-refractivity contribution in [3.8, 4) is 0 Å². The van der Waals surface area contributed by atoms with Crippen LogP contribution >= 0.6 is 0 Å². The summed E-state index contributed by atoms with van der Waals surface area (Å²) in [5.41, 5.74) is 9.35. The van der Waals surface area contributed by atoms with Gasteiger partial charge in [-0.1, -0.05) is 18.2 Å². The summed E-state index contributed by atoms with van der Waals surface area (Å²) in [7, 11) is 0. The third-order valence-electron chi connectivity index (χ3n) is 2.73. The van der Waals surface area contributed by atoms with Crippen molar-refractivity contribution in [1.29, 1.82) is 0 Å². The van der Waals surface area contributed by atoms with Gasteiger partial charge in [0.2, 0.25) is 0 Å². The van der Waals surface area contributed by atoms with Gasteiger partial charge in [0.05, 0.1) is 11.8 Å². The van der Waals surface area contributed by atoms with E-state index < -0.39 is 11.9 Å². The van der Waals surface area contributed by atoms with E-state index in [-0.39, 0.29) is 5.56 Å². The Balaban J connectivity index is 2.07. The van der Waals surface area contributed by atoms with Crippen LogP contribution in [-0.4, -0.2) is 23.2 Å². The molecule has 0 saturated heterocycles. The standard InChI is InChI=1S/C15H13N3O3/c16-12-7-5-10(6-8-12)14(19)18-17-9-11-3-1-2-4-13(11)15(20)21/h1-9H,16H2,(H,18,19)(H,20,21)/b17-9+. The summed E-state index contributed by atoms with van der Waals surface area (Å²) in [6.07, 6.45) is 1.29. The second-order valence-corrected chi connectivity index (χ2v) is 4.21. The topological polar surface area (TPSA) is 105 Å². The van der Waals surface area contributed by atoms with Gasteiger partial charge in [-0.25, -0.2) is 10.2 Å². The van der Waals surface area contributed by atoms with Crippen LogP contribution in [0.25, 0.3) is 0 Å². The van der Waals surface area contributed by atoms with Gasteiger partial charge in [-0.3, -0.25) is 4.79 Å². The van der Waals surface area contributed by atoms with E-state index >= 15 is 0 Å². The fraction of sp³-hybridized carbons (Fsp3) is 0. The van der Waals surface area contributed by atoms with Gasteiger partial charge in [-0.2, -0.15) is 5.10 Å². The number of nitrogens with two attached hydrogens (primary N) is 1. The number of amides is 1. The molecule has 0 heterocycles. The van der Waals surface area contributed by atoms with Gasteiger partial charge in [0, 0.05) is 16.8 Å². The van der Waals surface area contributed by atoms with Gasteiger partial charge in [-0.05, 0) is 30.3 Å². The fourth-order valence-electron chi connectivity index (χ4n) is 1.66. The Bertz CT molecular complexity index is 694. The summed E-state index contributed by atoms with van der Waals surface area (Å²) in [6.45, 7) is 0. The number of carbonyl (C=O) groups is 2. The first-order valence-corrected chi connectivity index (χ1v) is 6.09. The van der Waals surface area contributed by atoms with Crippen molar-refractivity contribution in [3.05, 3.63) is 65.2 Å². The molecule has 0 aromatic heterocycles. The zero-order chi connectivity index (χ0) is 15.2. The molecule has 0 radical (unpaired) electrons. The lowest BCUT2D eigenvalue weighted by atomic mass is 10.1. The van der Waals surface area contributed by atoms with Gasteiger partial charge < -0.3 is 10.8 Å².